The fraction of sp³-hybridized carbons (Fsp3) is 0.917. The molecule has 1 rings (SSSR count). The number of amides is 1. The van der Waals surface area contributed by atoms with Crippen LogP contribution in [0.4, 0.5) is 0 Å². The zero-order valence-electron chi connectivity index (χ0n) is 11.4. The minimum absolute atomic E-state index is 0.108. The highest BCUT2D eigenvalue weighted by atomic mass is 16.2. The molecule has 0 bridgehead atoms. The van der Waals surface area contributed by atoms with Crippen LogP contribution in [0.2, 0.25) is 0 Å². The molecule has 16 heavy (non-hydrogen) atoms. The lowest BCUT2D eigenvalue weighted by atomic mass is 10.2. The van der Waals surface area contributed by atoms with Crippen molar-refractivity contribution in [1.82, 2.24) is 15.1 Å². The number of carbonyl (C=O) groups is 1. The molecular weight excluding hydrogens is 202 g/mol. The van der Waals surface area contributed by atoms with E-state index in [0.717, 1.165) is 32.5 Å². The highest BCUT2D eigenvalue weighted by Crippen LogP contribution is 2.14. The van der Waals surface area contributed by atoms with Gasteiger partial charge in [-0.05, 0) is 40.5 Å². The second kappa shape index (κ2) is 8.53. The SMILES string of the molecule is CC.CN(C)CCNC(=O)C1CCCN1C. The third-order valence-corrected chi connectivity index (χ3v) is 2.68. The Morgan fingerprint density at radius 2 is 2.06 bits per heavy atom. The number of likely N-dealkylation sites (N-methyl/N-ethyl adjacent to an activating group) is 2. The Labute approximate surface area is 100.0 Å². The van der Waals surface area contributed by atoms with Gasteiger partial charge >= 0.3 is 0 Å². The van der Waals surface area contributed by atoms with Crippen LogP contribution in [-0.2, 0) is 4.79 Å². The van der Waals surface area contributed by atoms with Gasteiger partial charge in [0.25, 0.3) is 0 Å². The van der Waals surface area contributed by atoms with E-state index in [0.29, 0.717) is 0 Å². The van der Waals surface area contributed by atoms with Gasteiger partial charge in [0.15, 0.2) is 0 Å². The number of hydrogen-bond donors (Lipinski definition) is 1. The van der Waals surface area contributed by atoms with E-state index >= 15 is 0 Å². The Hall–Kier alpha value is -0.610. The molecule has 0 aromatic carbocycles. The first-order valence-corrected chi connectivity index (χ1v) is 6.24. The summed E-state index contributed by atoms with van der Waals surface area (Å²) in [6, 6.07) is 0.108. The Morgan fingerprint density at radius 1 is 1.44 bits per heavy atom. The average molecular weight is 229 g/mol. The summed E-state index contributed by atoms with van der Waals surface area (Å²) < 4.78 is 0. The quantitative estimate of drug-likeness (QED) is 0.774. The molecule has 0 saturated carbocycles. The van der Waals surface area contributed by atoms with Crippen LogP contribution in [-0.4, -0.2) is 62.5 Å². The molecule has 1 aliphatic rings. The zero-order chi connectivity index (χ0) is 12.6. The molecule has 1 atom stereocenters. The Kier molecular flexibility index (Phi) is 8.21. The maximum atomic E-state index is 11.7. The van der Waals surface area contributed by atoms with E-state index in [-0.39, 0.29) is 11.9 Å². The lowest BCUT2D eigenvalue weighted by Crippen LogP contribution is -2.43. The molecule has 1 aliphatic heterocycles. The van der Waals surface area contributed by atoms with Crippen LogP contribution >= 0.6 is 0 Å². The summed E-state index contributed by atoms with van der Waals surface area (Å²) in [7, 11) is 6.03. The molecule has 96 valence electrons. The molecule has 1 saturated heterocycles. The first-order chi connectivity index (χ1) is 7.61. The van der Waals surface area contributed by atoms with Gasteiger partial charge in [0.1, 0.15) is 0 Å². The minimum atomic E-state index is 0.108. The molecule has 1 fully saturated rings. The minimum Gasteiger partial charge on any atom is -0.353 e. The molecule has 4 heteroatoms. The van der Waals surface area contributed by atoms with Crippen molar-refractivity contribution in [1.29, 1.82) is 0 Å². The van der Waals surface area contributed by atoms with Crippen molar-refractivity contribution in [3.05, 3.63) is 0 Å². The smallest absolute Gasteiger partial charge is 0.237 e. The fourth-order valence-corrected chi connectivity index (χ4v) is 1.76. The maximum absolute atomic E-state index is 11.7. The standard InChI is InChI=1S/C10H21N3O.C2H6/c1-12(2)8-6-11-10(14)9-5-4-7-13(9)3;1-2/h9H,4-8H2,1-3H3,(H,11,14);1-2H3. The van der Waals surface area contributed by atoms with Crippen molar-refractivity contribution in [2.75, 3.05) is 40.8 Å². The van der Waals surface area contributed by atoms with Gasteiger partial charge in [-0.25, -0.2) is 0 Å². The largest absolute Gasteiger partial charge is 0.353 e. The van der Waals surface area contributed by atoms with E-state index in [4.69, 9.17) is 0 Å². The molecule has 0 aromatic rings. The predicted octanol–water partition coefficient (Wildman–Crippen LogP) is 0.785. The zero-order valence-corrected chi connectivity index (χ0v) is 11.4. The summed E-state index contributed by atoms with van der Waals surface area (Å²) in [4.78, 5) is 15.9. The first-order valence-electron chi connectivity index (χ1n) is 6.24. The van der Waals surface area contributed by atoms with Gasteiger partial charge in [-0.1, -0.05) is 13.8 Å². The van der Waals surface area contributed by atoms with E-state index in [1.165, 1.54) is 0 Å². The summed E-state index contributed by atoms with van der Waals surface area (Å²) in [5.41, 5.74) is 0. The molecule has 1 unspecified atom stereocenters. The molecule has 1 heterocycles. The van der Waals surface area contributed by atoms with Crippen molar-refractivity contribution in [2.45, 2.75) is 32.7 Å². The van der Waals surface area contributed by atoms with Crippen LogP contribution in [0.15, 0.2) is 0 Å². The Bertz CT molecular complexity index is 195. The van der Waals surface area contributed by atoms with Crippen molar-refractivity contribution < 1.29 is 4.79 Å². The number of rotatable bonds is 4. The van der Waals surface area contributed by atoms with Crippen LogP contribution in [0, 0.1) is 0 Å². The van der Waals surface area contributed by atoms with E-state index in [9.17, 15) is 4.79 Å². The van der Waals surface area contributed by atoms with Crippen LogP contribution in [0.5, 0.6) is 0 Å². The monoisotopic (exact) mass is 229 g/mol. The van der Waals surface area contributed by atoms with Crippen molar-refractivity contribution in [3.63, 3.8) is 0 Å². The molecule has 0 aromatic heterocycles. The lowest BCUT2D eigenvalue weighted by Gasteiger charge is -2.19. The number of carbonyl (C=O) groups excluding carboxylic acids is 1. The third-order valence-electron chi connectivity index (χ3n) is 2.68. The summed E-state index contributed by atoms with van der Waals surface area (Å²) in [6.45, 7) is 6.70. The fourth-order valence-electron chi connectivity index (χ4n) is 1.76. The molecule has 4 nitrogen and oxygen atoms in total. The third kappa shape index (κ3) is 5.47. The first kappa shape index (κ1) is 15.4. The number of likely N-dealkylation sites (tertiary alicyclic amines) is 1. The summed E-state index contributed by atoms with van der Waals surface area (Å²) in [5, 5.41) is 2.96. The van der Waals surface area contributed by atoms with Crippen LogP contribution in [0.1, 0.15) is 26.7 Å². The van der Waals surface area contributed by atoms with E-state index in [2.05, 4.69) is 15.1 Å². The predicted molar refractivity (Wildman–Crippen MR) is 68.6 cm³/mol. The molecular formula is C12H27N3O. The van der Waals surface area contributed by atoms with Gasteiger partial charge in [-0.3, -0.25) is 9.69 Å². The topological polar surface area (TPSA) is 35.6 Å². The maximum Gasteiger partial charge on any atom is 0.237 e. The van der Waals surface area contributed by atoms with E-state index in [1.54, 1.807) is 0 Å². The molecule has 0 radical (unpaired) electrons. The summed E-state index contributed by atoms with van der Waals surface area (Å²) in [5.74, 6) is 0.187. The van der Waals surface area contributed by atoms with Crippen LogP contribution in [0.3, 0.4) is 0 Å². The van der Waals surface area contributed by atoms with Gasteiger partial charge in [-0.15, -0.1) is 0 Å². The molecule has 1 amide bonds. The van der Waals surface area contributed by atoms with Crippen molar-refractivity contribution >= 4 is 5.91 Å². The molecule has 0 aliphatic carbocycles. The van der Waals surface area contributed by atoms with Gasteiger partial charge in [-0.2, -0.15) is 0 Å². The molecule has 0 spiro atoms. The van der Waals surface area contributed by atoms with Gasteiger partial charge in [0.2, 0.25) is 5.91 Å². The highest BCUT2D eigenvalue weighted by Gasteiger charge is 2.26. The second-order valence-electron chi connectivity index (χ2n) is 4.23. The van der Waals surface area contributed by atoms with Crippen LogP contribution in [0.25, 0.3) is 0 Å². The highest BCUT2D eigenvalue weighted by molar-refractivity contribution is 5.81. The van der Waals surface area contributed by atoms with Gasteiger partial charge < -0.3 is 10.2 Å². The summed E-state index contributed by atoms with van der Waals surface area (Å²) >= 11 is 0. The van der Waals surface area contributed by atoms with Crippen molar-refractivity contribution in [3.8, 4) is 0 Å². The Balaban J connectivity index is 0.00000106. The lowest BCUT2D eigenvalue weighted by molar-refractivity contribution is -0.125. The second-order valence-corrected chi connectivity index (χ2v) is 4.23. The summed E-state index contributed by atoms with van der Waals surface area (Å²) in [6.07, 6.45) is 2.15. The van der Waals surface area contributed by atoms with E-state index < -0.39 is 0 Å². The van der Waals surface area contributed by atoms with Crippen LogP contribution < -0.4 is 5.32 Å². The van der Waals surface area contributed by atoms with E-state index in [1.807, 2.05) is 35.0 Å². The average Bonchev–Trinajstić information content (AvgIpc) is 2.67. The molecule has 1 N–H and O–H groups in total. The van der Waals surface area contributed by atoms with Gasteiger partial charge in [0, 0.05) is 13.1 Å². The normalized spacial score (nSPS) is 20.5. The number of nitrogens with zero attached hydrogens (tertiary/aromatic N) is 2. The van der Waals surface area contributed by atoms with Gasteiger partial charge in [0.05, 0.1) is 6.04 Å². The van der Waals surface area contributed by atoms with Crippen molar-refractivity contribution in [2.24, 2.45) is 0 Å². The number of nitrogens with one attached hydrogen (secondary N) is 1. The number of hydrogen-bond acceptors (Lipinski definition) is 3. The Morgan fingerprint density at radius 3 is 2.50 bits per heavy atom.